The van der Waals surface area contributed by atoms with Gasteiger partial charge in [-0.05, 0) is 67.9 Å². The van der Waals surface area contributed by atoms with Gasteiger partial charge in [-0.25, -0.2) is 14.3 Å². The number of carbonyl (C=O) groups is 1. The number of carbonyl (C=O) groups excluding carboxylic acids is 1. The maximum absolute atomic E-state index is 12.3. The SMILES string of the molecule is Cc1cc(Nc2nc(Sc3ccc(NC(=O)NC4CCCC4CO)cc3)nn3cccc23)n[nH]1. The number of aliphatic hydroxyl groups excluding tert-OH is 1. The molecule has 1 aromatic carbocycles. The number of nitrogens with one attached hydrogen (secondary N) is 4. The van der Waals surface area contributed by atoms with Crippen molar-refractivity contribution in [3.63, 3.8) is 0 Å². The number of nitrogens with zero attached hydrogens (tertiary/aromatic N) is 4. The van der Waals surface area contributed by atoms with Gasteiger partial charge in [-0.3, -0.25) is 5.10 Å². The number of fused-ring (bicyclic) bond motifs is 1. The maximum atomic E-state index is 12.3. The number of aryl methyl sites for hydroxylation is 1. The highest BCUT2D eigenvalue weighted by molar-refractivity contribution is 7.99. The van der Waals surface area contributed by atoms with Crippen molar-refractivity contribution < 1.29 is 9.90 Å². The summed E-state index contributed by atoms with van der Waals surface area (Å²) in [6, 6.07) is 13.1. The zero-order valence-corrected chi connectivity index (χ0v) is 19.5. The van der Waals surface area contributed by atoms with Gasteiger partial charge in [-0.15, -0.1) is 5.10 Å². The average molecular weight is 479 g/mol. The number of benzene rings is 1. The van der Waals surface area contributed by atoms with Crippen molar-refractivity contribution in [2.24, 2.45) is 5.92 Å². The Morgan fingerprint density at radius 3 is 2.88 bits per heavy atom. The molecule has 0 bridgehead atoms. The van der Waals surface area contributed by atoms with Crippen molar-refractivity contribution in [3.8, 4) is 0 Å². The Bertz CT molecular complexity index is 1290. The molecule has 34 heavy (non-hydrogen) atoms. The smallest absolute Gasteiger partial charge is 0.319 e. The molecule has 1 fully saturated rings. The number of rotatable bonds is 7. The Hall–Kier alpha value is -3.57. The van der Waals surface area contributed by atoms with E-state index in [1.165, 1.54) is 11.8 Å². The van der Waals surface area contributed by atoms with E-state index in [9.17, 15) is 9.90 Å². The summed E-state index contributed by atoms with van der Waals surface area (Å²) in [6.07, 6.45) is 4.75. The number of amides is 2. The summed E-state index contributed by atoms with van der Waals surface area (Å²) in [6.45, 7) is 2.04. The van der Waals surface area contributed by atoms with Crippen LogP contribution in [0.1, 0.15) is 25.0 Å². The molecule has 11 heteroatoms. The van der Waals surface area contributed by atoms with E-state index in [4.69, 9.17) is 0 Å². The van der Waals surface area contributed by atoms with Crippen molar-refractivity contribution in [2.75, 3.05) is 17.2 Å². The molecule has 176 valence electrons. The Labute approximate surface area is 200 Å². The lowest BCUT2D eigenvalue weighted by atomic mass is 10.1. The monoisotopic (exact) mass is 478 g/mol. The Morgan fingerprint density at radius 2 is 2.12 bits per heavy atom. The lowest BCUT2D eigenvalue weighted by molar-refractivity contribution is 0.203. The van der Waals surface area contributed by atoms with E-state index in [2.05, 4.69) is 36.2 Å². The van der Waals surface area contributed by atoms with Gasteiger partial charge in [-0.1, -0.05) is 6.42 Å². The number of aromatic nitrogens is 5. The summed E-state index contributed by atoms with van der Waals surface area (Å²) in [7, 11) is 0. The summed E-state index contributed by atoms with van der Waals surface area (Å²) in [5.41, 5.74) is 2.50. The third kappa shape index (κ3) is 5.00. The second-order valence-electron chi connectivity index (χ2n) is 8.35. The van der Waals surface area contributed by atoms with Gasteiger partial charge >= 0.3 is 6.03 Å². The summed E-state index contributed by atoms with van der Waals surface area (Å²) < 4.78 is 1.78. The molecule has 4 aromatic rings. The molecule has 0 saturated heterocycles. The minimum absolute atomic E-state index is 0.0220. The molecule has 3 heterocycles. The fraction of sp³-hybridized carbons (Fsp3) is 0.304. The lowest BCUT2D eigenvalue weighted by Crippen LogP contribution is -2.41. The first-order chi connectivity index (χ1) is 16.6. The van der Waals surface area contributed by atoms with Gasteiger partial charge in [0.05, 0.1) is 0 Å². The topological polar surface area (TPSA) is 132 Å². The Morgan fingerprint density at radius 1 is 1.26 bits per heavy atom. The summed E-state index contributed by atoms with van der Waals surface area (Å²) >= 11 is 1.43. The number of hydrogen-bond acceptors (Lipinski definition) is 7. The van der Waals surface area contributed by atoms with Crippen LogP contribution in [0.3, 0.4) is 0 Å². The second-order valence-corrected chi connectivity index (χ2v) is 9.39. The van der Waals surface area contributed by atoms with Gasteiger partial charge in [0, 0.05) is 47.1 Å². The molecule has 0 radical (unpaired) electrons. The van der Waals surface area contributed by atoms with Crippen LogP contribution in [0, 0.1) is 12.8 Å². The number of H-pyrrole nitrogens is 1. The molecule has 2 unspecified atom stereocenters. The zero-order valence-electron chi connectivity index (χ0n) is 18.7. The molecule has 10 nitrogen and oxygen atoms in total. The average Bonchev–Trinajstić information content (AvgIpc) is 3.56. The minimum Gasteiger partial charge on any atom is -0.396 e. The fourth-order valence-electron chi connectivity index (χ4n) is 4.15. The third-order valence-corrected chi connectivity index (χ3v) is 6.72. The highest BCUT2D eigenvalue weighted by Crippen LogP contribution is 2.29. The Kier molecular flexibility index (Phi) is 6.37. The molecule has 5 N–H and O–H groups in total. The normalized spacial score (nSPS) is 17.7. The van der Waals surface area contributed by atoms with E-state index < -0.39 is 0 Å². The van der Waals surface area contributed by atoms with Gasteiger partial charge in [0.15, 0.2) is 11.6 Å². The molecule has 2 atom stereocenters. The number of anilines is 3. The first-order valence-corrected chi connectivity index (χ1v) is 12.0. The summed E-state index contributed by atoms with van der Waals surface area (Å²) in [4.78, 5) is 18.0. The molecule has 1 saturated carbocycles. The molecular weight excluding hydrogens is 452 g/mol. The first kappa shape index (κ1) is 22.2. The number of urea groups is 1. The number of aromatic amines is 1. The summed E-state index contributed by atoms with van der Waals surface area (Å²) in [5.74, 6) is 1.49. The number of hydrogen-bond donors (Lipinski definition) is 5. The van der Waals surface area contributed by atoms with Crippen LogP contribution in [0.15, 0.2) is 58.7 Å². The fourth-order valence-corrected chi connectivity index (χ4v) is 4.89. The highest BCUT2D eigenvalue weighted by atomic mass is 32.2. The lowest BCUT2D eigenvalue weighted by Gasteiger charge is -2.19. The molecule has 0 spiro atoms. The van der Waals surface area contributed by atoms with E-state index in [1.54, 1.807) is 4.52 Å². The van der Waals surface area contributed by atoms with Crippen molar-refractivity contribution in [3.05, 3.63) is 54.4 Å². The van der Waals surface area contributed by atoms with E-state index in [1.807, 2.05) is 55.6 Å². The van der Waals surface area contributed by atoms with Gasteiger partial charge in [-0.2, -0.15) is 5.10 Å². The summed E-state index contributed by atoms with van der Waals surface area (Å²) in [5, 5.41) is 30.8. The predicted octanol–water partition coefficient (Wildman–Crippen LogP) is 3.94. The van der Waals surface area contributed by atoms with Gasteiger partial charge < -0.3 is 21.1 Å². The standard InChI is InChI=1S/C23H26N8O2S/c1-14-12-20(29-28-14)26-21-19-6-3-11-31(19)30-23(27-21)34-17-9-7-16(8-10-17)24-22(33)25-18-5-2-4-15(18)13-32/h3,6-12,15,18,32H,2,4-5,13H2,1H3,(H2,24,25,33)(H2,26,27,28,29,30). The van der Waals surface area contributed by atoms with Crippen molar-refractivity contribution in [1.29, 1.82) is 0 Å². The highest BCUT2D eigenvalue weighted by Gasteiger charge is 2.27. The molecule has 1 aliphatic rings. The van der Waals surface area contributed by atoms with Crippen molar-refractivity contribution >= 4 is 40.6 Å². The molecule has 1 aliphatic carbocycles. The van der Waals surface area contributed by atoms with Crippen LogP contribution >= 0.6 is 11.8 Å². The van der Waals surface area contributed by atoms with E-state index >= 15 is 0 Å². The first-order valence-electron chi connectivity index (χ1n) is 11.2. The van der Waals surface area contributed by atoms with Gasteiger partial charge in [0.1, 0.15) is 5.52 Å². The van der Waals surface area contributed by atoms with Crippen LogP contribution in [-0.2, 0) is 0 Å². The minimum atomic E-state index is -0.253. The van der Waals surface area contributed by atoms with Crippen LogP contribution in [0.25, 0.3) is 5.52 Å². The molecule has 5 rings (SSSR count). The van der Waals surface area contributed by atoms with Crippen LogP contribution < -0.4 is 16.0 Å². The van der Waals surface area contributed by atoms with Crippen LogP contribution in [-0.4, -0.2) is 48.6 Å². The van der Waals surface area contributed by atoms with Crippen LogP contribution in [0.4, 0.5) is 22.1 Å². The van der Waals surface area contributed by atoms with Crippen LogP contribution in [0.5, 0.6) is 0 Å². The van der Waals surface area contributed by atoms with Crippen molar-refractivity contribution in [2.45, 2.75) is 42.3 Å². The quantitative estimate of drug-likeness (QED) is 0.272. The second kappa shape index (κ2) is 9.74. The largest absolute Gasteiger partial charge is 0.396 e. The Balaban J connectivity index is 1.25. The zero-order chi connectivity index (χ0) is 23.5. The predicted molar refractivity (Wildman–Crippen MR) is 131 cm³/mol. The van der Waals surface area contributed by atoms with Crippen molar-refractivity contribution in [1.82, 2.24) is 30.1 Å². The molecular formula is C23H26N8O2S. The molecule has 0 aliphatic heterocycles. The van der Waals surface area contributed by atoms with Gasteiger partial charge in [0.2, 0.25) is 5.16 Å². The van der Waals surface area contributed by atoms with E-state index in [0.29, 0.717) is 22.5 Å². The third-order valence-electron chi connectivity index (χ3n) is 5.86. The molecule has 2 amide bonds. The molecule has 3 aromatic heterocycles. The van der Waals surface area contributed by atoms with Crippen LogP contribution in [0.2, 0.25) is 0 Å². The maximum Gasteiger partial charge on any atom is 0.319 e. The van der Waals surface area contributed by atoms with Gasteiger partial charge in [0.25, 0.3) is 0 Å². The van der Waals surface area contributed by atoms with E-state index in [0.717, 1.165) is 35.4 Å². The number of aliphatic hydroxyl groups is 1. The van der Waals surface area contributed by atoms with E-state index in [-0.39, 0.29) is 24.6 Å².